The van der Waals surface area contributed by atoms with Crippen molar-refractivity contribution >= 4 is 82.6 Å². The van der Waals surface area contributed by atoms with Crippen molar-refractivity contribution in [3.05, 3.63) is 72.5 Å². The number of thioether (sulfide) groups is 1. The minimum absolute atomic E-state index is 0.0412. The molecule has 0 radical (unpaired) electrons. The number of carboxylic acid groups (broad SMARTS) is 1. The first-order valence-electron chi connectivity index (χ1n) is 17.4. The molecule has 2 aromatic heterocycles. The minimum atomic E-state index is -4.61. The number of hydrogen-bond acceptors (Lipinski definition) is 14. The van der Waals surface area contributed by atoms with Crippen LogP contribution in [-0.4, -0.2) is 91.8 Å². The highest BCUT2D eigenvalue weighted by atomic mass is 35.5. The van der Waals surface area contributed by atoms with Gasteiger partial charge < -0.3 is 30.1 Å². The number of halogens is 6. The second-order valence-corrected chi connectivity index (χ2v) is 18.6. The molecule has 4 aromatic rings. The van der Waals surface area contributed by atoms with Gasteiger partial charge in [0, 0.05) is 42.5 Å². The summed E-state index contributed by atoms with van der Waals surface area (Å²) in [5, 5.41) is 13.2. The van der Waals surface area contributed by atoms with Crippen LogP contribution in [0.25, 0.3) is 0 Å². The normalized spacial score (nSPS) is 14.1. The summed E-state index contributed by atoms with van der Waals surface area (Å²) in [6, 6.07) is 6.63. The summed E-state index contributed by atoms with van der Waals surface area (Å²) in [6.07, 6.45) is -2.71. The lowest BCUT2D eigenvalue weighted by atomic mass is 10.2. The lowest BCUT2D eigenvalue weighted by molar-refractivity contribution is -0.139. The topological polar surface area (TPSA) is 222 Å². The highest BCUT2D eigenvalue weighted by Gasteiger charge is 2.36. The highest BCUT2D eigenvalue weighted by Crippen LogP contribution is 2.36. The largest absolute Gasteiger partial charge is 0.480 e. The van der Waals surface area contributed by atoms with E-state index in [9.17, 15) is 45.7 Å². The van der Waals surface area contributed by atoms with Gasteiger partial charge in [0.15, 0.2) is 14.0 Å². The molecule has 2 atom stereocenters. The number of alkyl halides is 3. The molecule has 4 N–H and O–H groups in total. The molecule has 26 heteroatoms. The third kappa shape index (κ3) is 15.7. The van der Waals surface area contributed by atoms with Crippen molar-refractivity contribution < 1.29 is 60.4 Å². The zero-order valence-corrected chi connectivity index (χ0v) is 36.3. The lowest BCUT2D eigenvalue weighted by Crippen LogP contribution is -2.40. The Bertz CT molecular complexity index is 2280. The molecule has 3 heterocycles. The Labute approximate surface area is 356 Å². The number of ether oxygens (including phenoxy) is 2. The summed E-state index contributed by atoms with van der Waals surface area (Å²) < 4.78 is 88.2. The van der Waals surface area contributed by atoms with Gasteiger partial charge in [-0.05, 0) is 80.8 Å². The Balaban J connectivity index is 0.000000259. The van der Waals surface area contributed by atoms with Gasteiger partial charge in [-0.1, -0.05) is 28.0 Å². The molecule has 0 bridgehead atoms. The van der Waals surface area contributed by atoms with E-state index in [1.165, 1.54) is 49.0 Å². The number of aliphatic carboxylic acids is 1. The van der Waals surface area contributed by atoms with Gasteiger partial charge in [-0.2, -0.15) is 13.2 Å². The summed E-state index contributed by atoms with van der Waals surface area (Å²) >= 11 is 8.38. The number of anilines is 1. The molecule has 1 aliphatic heterocycles. The van der Waals surface area contributed by atoms with Crippen LogP contribution in [0.1, 0.15) is 38.1 Å². The zero-order valence-electron chi connectivity index (χ0n) is 32.2. The van der Waals surface area contributed by atoms with E-state index < -0.39 is 60.7 Å². The number of fused-ring (bicyclic) bond motifs is 1. The number of carboxylic acids is 1. The number of esters is 1. The van der Waals surface area contributed by atoms with Crippen molar-refractivity contribution in [2.75, 3.05) is 37.2 Å². The van der Waals surface area contributed by atoms with E-state index in [0.717, 1.165) is 42.0 Å². The van der Waals surface area contributed by atoms with Crippen molar-refractivity contribution in [1.29, 1.82) is 0 Å². The molecule has 0 spiro atoms. The molecule has 0 saturated carbocycles. The Morgan fingerprint density at radius 2 is 1.73 bits per heavy atom. The molecule has 60 heavy (non-hydrogen) atoms. The zero-order chi connectivity index (χ0) is 44.9. The first-order valence-corrected chi connectivity index (χ1v) is 22.7. The predicted molar refractivity (Wildman–Crippen MR) is 215 cm³/mol. The van der Waals surface area contributed by atoms with Crippen molar-refractivity contribution in [3.8, 4) is 5.19 Å². The summed E-state index contributed by atoms with van der Waals surface area (Å²) in [5.74, 6) is -3.01. The fourth-order valence-corrected chi connectivity index (χ4v) is 8.15. The molecule has 0 fully saturated rings. The molecule has 1 amide bonds. The molecule has 330 valence electrons. The highest BCUT2D eigenvalue weighted by molar-refractivity contribution is 8.00. The van der Waals surface area contributed by atoms with Crippen molar-refractivity contribution in [1.82, 2.24) is 19.6 Å². The standard InChI is InChI=1S/C15H15ClFN3O3S2.C14H13F4N3O2S.C5H12NO4P/c1-23-13(21)8-24-12-7-11(10(17)6-9(12)16)18-14-19-4-2-3-5-20(19)15(22)25-14;1-8(2)21(10-5-3-9(15)4-6-10)11(22)7-23-13-20-19-12(24-13)14(16,17)18;1-11(9,10)3-2-4(6)5(7)8/h6-7H,2-5,8H2,1H3;3-6,8H,7H2,1-2H3;4H,2-3,6H2,1H3,(H,7,8)(H,9,10)/b18-14-;;. The van der Waals surface area contributed by atoms with Crippen molar-refractivity contribution in [2.24, 2.45) is 10.7 Å². The first-order chi connectivity index (χ1) is 28.0. The number of benzene rings is 2. The van der Waals surface area contributed by atoms with E-state index in [-0.39, 0.29) is 56.5 Å². The number of carbonyl (C=O) groups excluding carboxylic acids is 2. The van der Waals surface area contributed by atoms with Gasteiger partial charge in [0.1, 0.15) is 23.4 Å². The molecule has 1 aliphatic rings. The van der Waals surface area contributed by atoms with E-state index in [1.807, 2.05) is 0 Å². The van der Waals surface area contributed by atoms with Gasteiger partial charge >= 0.3 is 23.0 Å². The van der Waals surface area contributed by atoms with E-state index in [2.05, 4.69) is 19.9 Å². The molecule has 5 rings (SSSR count). The molecule has 16 nitrogen and oxygen atoms in total. The molecular formula is C34H40ClF5N7O9PS3. The third-order valence-electron chi connectivity index (χ3n) is 7.71. The summed E-state index contributed by atoms with van der Waals surface area (Å²) in [5.41, 5.74) is 5.63. The maximum absolute atomic E-state index is 14.3. The summed E-state index contributed by atoms with van der Waals surface area (Å²) in [6.45, 7) is 5.48. The average Bonchev–Trinajstić information content (AvgIpc) is 3.79. The third-order valence-corrected chi connectivity index (χ3v) is 12.0. The first kappa shape index (κ1) is 50.2. The fourth-order valence-electron chi connectivity index (χ4n) is 4.84. The number of methoxy groups -OCH3 is 1. The monoisotopic (exact) mass is 947 g/mol. The number of rotatable bonds is 13. The van der Waals surface area contributed by atoms with Crippen molar-refractivity contribution in [3.63, 3.8) is 0 Å². The number of nitrogens with two attached hydrogens (primary N) is 1. The van der Waals surface area contributed by atoms with Gasteiger partial charge in [-0.15, -0.1) is 16.9 Å². The minimum Gasteiger partial charge on any atom is -0.480 e. The molecule has 0 saturated heterocycles. The van der Waals surface area contributed by atoms with E-state index >= 15 is 0 Å². The fraction of sp³-hybridized carbons (Fsp3) is 0.441. The maximum Gasteiger partial charge on any atom is 0.445 e. The second kappa shape index (κ2) is 22.6. The van der Waals surface area contributed by atoms with Gasteiger partial charge in [-0.25, -0.2) is 18.5 Å². The molecular weight excluding hydrogens is 908 g/mol. The van der Waals surface area contributed by atoms with Crippen LogP contribution in [0.3, 0.4) is 0 Å². The Morgan fingerprint density at radius 3 is 2.28 bits per heavy atom. The van der Waals surface area contributed by atoms with Crippen LogP contribution in [0.2, 0.25) is 5.02 Å². The summed E-state index contributed by atoms with van der Waals surface area (Å²) in [4.78, 5) is 61.0. The maximum atomic E-state index is 14.3. The number of carbonyl (C=O) groups is 3. The van der Waals surface area contributed by atoms with Crippen LogP contribution in [0.4, 0.5) is 33.3 Å². The van der Waals surface area contributed by atoms with Gasteiger partial charge in [-0.3, -0.25) is 28.4 Å². The van der Waals surface area contributed by atoms with Gasteiger partial charge in [0.25, 0.3) is 11.1 Å². The Hall–Kier alpha value is -4.19. The van der Waals surface area contributed by atoms with Crippen LogP contribution in [0.15, 0.2) is 51.1 Å². The van der Waals surface area contributed by atoms with Crippen LogP contribution in [-0.2, 0) is 43.0 Å². The SMILES string of the molecule is CC(C)N(C(=O)COc1nnc(C(F)(F)F)s1)c1ccc(F)cc1.COC(=O)CSc1cc(/N=c2\sc(=O)n3n2CCCC3)c(F)cc1Cl.CP(=O)(O)CCC(N)C(=O)O. The van der Waals surface area contributed by atoms with Crippen LogP contribution < -0.4 is 25.0 Å². The number of nitrogens with zero attached hydrogens (tertiary/aromatic N) is 6. The Morgan fingerprint density at radius 1 is 1.10 bits per heavy atom. The molecule has 2 aromatic carbocycles. The predicted octanol–water partition coefficient (Wildman–Crippen LogP) is 6.00. The second-order valence-electron chi connectivity index (χ2n) is 12.8. The lowest BCUT2D eigenvalue weighted by Gasteiger charge is -2.26. The van der Waals surface area contributed by atoms with Crippen LogP contribution in [0, 0.1) is 11.6 Å². The quantitative estimate of drug-likeness (QED) is 0.0607. The van der Waals surface area contributed by atoms with Crippen molar-refractivity contribution in [2.45, 2.75) is 69.4 Å². The van der Waals surface area contributed by atoms with Gasteiger partial charge in [0.05, 0.1) is 17.9 Å². The smallest absolute Gasteiger partial charge is 0.445 e. The Kier molecular flexibility index (Phi) is 18.9. The number of aromatic nitrogens is 4. The molecule has 2 unspecified atom stereocenters. The molecule has 0 aliphatic carbocycles. The van der Waals surface area contributed by atoms with E-state index in [1.54, 1.807) is 23.2 Å². The number of amides is 1. The van der Waals surface area contributed by atoms with Gasteiger partial charge in [0.2, 0.25) is 9.81 Å². The van der Waals surface area contributed by atoms with E-state index in [0.29, 0.717) is 28.5 Å². The average molecular weight is 948 g/mol. The number of hydrogen-bond donors (Lipinski definition) is 3. The van der Waals surface area contributed by atoms with Crippen LogP contribution in [0.5, 0.6) is 5.19 Å². The summed E-state index contributed by atoms with van der Waals surface area (Å²) in [7, 11) is -1.81. The van der Waals surface area contributed by atoms with Crippen LogP contribution >= 0.6 is 53.4 Å². The van der Waals surface area contributed by atoms with E-state index in [4.69, 9.17) is 32.1 Å².